The summed E-state index contributed by atoms with van der Waals surface area (Å²) in [7, 11) is -3.92. The molecule has 0 bridgehead atoms. The molecule has 2 atom stereocenters. The minimum atomic E-state index is -3.92. The van der Waals surface area contributed by atoms with E-state index in [0.717, 1.165) is 6.04 Å². The molecule has 0 spiro atoms. The molecule has 1 aliphatic heterocycles. The molecule has 5 heteroatoms. The lowest BCUT2D eigenvalue weighted by Gasteiger charge is -2.20. The van der Waals surface area contributed by atoms with Gasteiger partial charge in [-0.1, -0.05) is 52.4 Å². The molecule has 0 radical (unpaired) electrons. The SMILES string of the molecule is CCCCCCCCCC[NH+]1CCCC1CC.CS(=O)(=O)[O-]. The molecule has 0 saturated carbocycles. The first-order valence-corrected chi connectivity index (χ1v) is 11.0. The van der Waals surface area contributed by atoms with Gasteiger partial charge in [-0.3, -0.25) is 0 Å². The topological polar surface area (TPSA) is 61.6 Å². The van der Waals surface area contributed by atoms with Crippen LogP contribution in [0.2, 0.25) is 0 Å². The summed E-state index contributed by atoms with van der Waals surface area (Å²) in [6, 6.07) is 1.000. The molecule has 4 nitrogen and oxygen atoms in total. The standard InChI is InChI=1S/C16H33N.CH4O3S/c1-3-5-6-7-8-9-10-11-14-17-15-12-13-16(17)4-2;1-5(2,3)4/h16H,3-15H2,1-2H3;1H3,(H,2,3,4). The van der Waals surface area contributed by atoms with Crippen molar-refractivity contribution in [3.8, 4) is 0 Å². The van der Waals surface area contributed by atoms with Gasteiger partial charge in [-0.2, -0.15) is 0 Å². The van der Waals surface area contributed by atoms with Gasteiger partial charge < -0.3 is 9.45 Å². The van der Waals surface area contributed by atoms with Crippen molar-refractivity contribution in [2.24, 2.45) is 0 Å². The molecule has 1 fully saturated rings. The fourth-order valence-electron chi connectivity index (χ4n) is 3.29. The molecule has 1 heterocycles. The third kappa shape index (κ3) is 14.8. The molecule has 0 aromatic carbocycles. The van der Waals surface area contributed by atoms with Crippen LogP contribution >= 0.6 is 0 Å². The third-order valence-corrected chi connectivity index (χ3v) is 4.47. The number of hydrogen-bond acceptors (Lipinski definition) is 3. The van der Waals surface area contributed by atoms with Crippen LogP contribution in [0.15, 0.2) is 0 Å². The van der Waals surface area contributed by atoms with E-state index >= 15 is 0 Å². The summed E-state index contributed by atoms with van der Waals surface area (Å²) in [6.07, 6.45) is 16.6. The highest BCUT2D eigenvalue weighted by Gasteiger charge is 2.25. The lowest BCUT2D eigenvalue weighted by atomic mass is 10.1. The summed E-state index contributed by atoms with van der Waals surface area (Å²) in [5.74, 6) is 0. The van der Waals surface area contributed by atoms with Gasteiger partial charge in [0.25, 0.3) is 0 Å². The molecule has 0 aromatic heterocycles. The van der Waals surface area contributed by atoms with Gasteiger partial charge in [-0.05, 0) is 19.3 Å². The van der Waals surface area contributed by atoms with E-state index in [1.54, 1.807) is 0 Å². The van der Waals surface area contributed by atoms with Crippen LogP contribution in [0.4, 0.5) is 0 Å². The second-order valence-corrected chi connectivity index (χ2v) is 7.99. The van der Waals surface area contributed by atoms with Gasteiger partial charge in [-0.25, -0.2) is 8.42 Å². The fourth-order valence-corrected chi connectivity index (χ4v) is 3.29. The largest absolute Gasteiger partial charge is 0.748 e. The number of unbranched alkanes of at least 4 members (excludes halogenated alkanes) is 7. The van der Waals surface area contributed by atoms with E-state index in [-0.39, 0.29) is 0 Å². The predicted molar refractivity (Wildman–Crippen MR) is 92.2 cm³/mol. The molecule has 2 unspecified atom stereocenters. The van der Waals surface area contributed by atoms with E-state index in [4.69, 9.17) is 13.0 Å². The van der Waals surface area contributed by atoms with E-state index < -0.39 is 10.1 Å². The Morgan fingerprint density at radius 3 is 2.00 bits per heavy atom. The highest BCUT2D eigenvalue weighted by molar-refractivity contribution is 7.84. The second-order valence-electron chi connectivity index (χ2n) is 6.58. The van der Waals surface area contributed by atoms with E-state index in [1.165, 1.54) is 83.7 Å². The average Bonchev–Trinajstić information content (AvgIpc) is 2.87. The predicted octanol–water partition coefficient (Wildman–Crippen LogP) is 2.75. The molecule has 0 amide bonds. The van der Waals surface area contributed by atoms with Crippen molar-refractivity contribution in [2.45, 2.75) is 90.5 Å². The number of hydrogen-bond donors (Lipinski definition) is 1. The number of quaternary nitrogens is 1. The molecular weight excluding hydrogens is 298 g/mol. The number of rotatable bonds is 10. The van der Waals surface area contributed by atoms with Gasteiger partial charge in [0, 0.05) is 19.1 Å². The van der Waals surface area contributed by atoms with Gasteiger partial charge >= 0.3 is 0 Å². The van der Waals surface area contributed by atoms with E-state index in [1.807, 2.05) is 4.90 Å². The van der Waals surface area contributed by atoms with Crippen LogP contribution < -0.4 is 4.90 Å². The lowest BCUT2D eigenvalue weighted by Crippen LogP contribution is -3.13. The van der Waals surface area contributed by atoms with Gasteiger partial charge in [0.2, 0.25) is 0 Å². The van der Waals surface area contributed by atoms with Crippen molar-refractivity contribution in [3.05, 3.63) is 0 Å². The third-order valence-electron chi connectivity index (χ3n) is 4.47. The maximum absolute atomic E-state index is 9.08. The summed E-state index contributed by atoms with van der Waals surface area (Å²) in [6.45, 7) is 7.56. The molecule has 0 aromatic rings. The summed E-state index contributed by atoms with van der Waals surface area (Å²) in [4.78, 5) is 1.92. The molecule has 1 rings (SSSR count). The molecule has 1 saturated heterocycles. The van der Waals surface area contributed by atoms with Gasteiger partial charge in [0.15, 0.2) is 0 Å². The Bertz CT molecular complexity index is 336. The van der Waals surface area contributed by atoms with Crippen molar-refractivity contribution >= 4 is 10.1 Å². The minimum absolute atomic E-state index is 0.604. The maximum Gasteiger partial charge on any atom is 0.0916 e. The fraction of sp³-hybridized carbons (Fsp3) is 1.00. The highest BCUT2D eigenvalue weighted by Crippen LogP contribution is 2.08. The normalized spacial score (nSPS) is 21.5. The van der Waals surface area contributed by atoms with Crippen molar-refractivity contribution in [1.29, 1.82) is 0 Å². The second kappa shape index (κ2) is 13.3. The smallest absolute Gasteiger partial charge is 0.0916 e. The Kier molecular flexibility index (Phi) is 13.2. The number of nitrogens with one attached hydrogen (secondary N) is 1. The molecule has 0 aliphatic carbocycles. The summed E-state index contributed by atoms with van der Waals surface area (Å²) < 4.78 is 27.2. The van der Waals surface area contributed by atoms with Crippen LogP contribution in [0.1, 0.15) is 84.5 Å². The Morgan fingerprint density at radius 1 is 1.00 bits per heavy atom. The van der Waals surface area contributed by atoms with E-state index in [0.29, 0.717) is 6.26 Å². The quantitative estimate of drug-likeness (QED) is 0.493. The zero-order valence-corrected chi connectivity index (χ0v) is 15.7. The zero-order valence-electron chi connectivity index (χ0n) is 14.9. The maximum atomic E-state index is 9.08. The van der Waals surface area contributed by atoms with Crippen molar-refractivity contribution in [1.82, 2.24) is 0 Å². The van der Waals surface area contributed by atoms with Crippen LogP contribution in [-0.2, 0) is 10.1 Å². The summed E-state index contributed by atoms with van der Waals surface area (Å²) in [5.41, 5.74) is 0. The van der Waals surface area contributed by atoms with Crippen molar-refractivity contribution in [3.63, 3.8) is 0 Å². The first-order valence-electron chi connectivity index (χ1n) is 9.13. The average molecular weight is 336 g/mol. The van der Waals surface area contributed by atoms with Gasteiger partial charge in [0.1, 0.15) is 0 Å². The first kappa shape index (κ1) is 21.9. The van der Waals surface area contributed by atoms with Gasteiger partial charge in [-0.15, -0.1) is 0 Å². The molecule has 1 aliphatic rings. The summed E-state index contributed by atoms with van der Waals surface area (Å²) >= 11 is 0. The first-order chi connectivity index (χ1) is 10.4. The Hall–Kier alpha value is -0.130. The molecule has 134 valence electrons. The van der Waals surface area contributed by atoms with Crippen LogP contribution in [0.5, 0.6) is 0 Å². The molecule has 1 N–H and O–H groups in total. The lowest BCUT2D eigenvalue weighted by molar-refractivity contribution is -0.912. The highest BCUT2D eigenvalue weighted by atomic mass is 32.2. The zero-order chi connectivity index (χ0) is 16.8. The Morgan fingerprint density at radius 2 is 1.50 bits per heavy atom. The van der Waals surface area contributed by atoms with E-state index in [9.17, 15) is 0 Å². The van der Waals surface area contributed by atoms with Crippen LogP contribution in [-0.4, -0.2) is 38.4 Å². The number of likely N-dealkylation sites (tertiary alicyclic amines) is 1. The molecule has 22 heavy (non-hydrogen) atoms. The minimum Gasteiger partial charge on any atom is -0.748 e. The summed E-state index contributed by atoms with van der Waals surface area (Å²) in [5, 5.41) is 0. The molecular formula is C17H37NO3S. The van der Waals surface area contributed by atoms with Crippen LogP contribution in [0.3, 0.4) is 0 Å². The van der Waals surface area contributed by atoms with Crippen LogP contribution in [0.25, 0.3) is 0 Å². The van der Waals surface area contributed by atoms with Crippen molar-refractivity contribution in [2.75, 3.05) is 19.3 Å². The Labute approximate surface area is 138 Å². The van der Waals surface area contributed by atoms with Crippen molar-refractivity contribution < 1.29 is 17.9 Å². The monoisotopic (exact) mass is 335 g/mol. The van der Waals surface area contributed by atoms with Gasteiger partial charge in [0.05, 0.1) is 29.2 Å². The van der Waals surface area contributed by atoms with E-state index in [2.05, 4.69) is 13.8 Å². The van der Waals surface area contributed by atoms with Crippen LogP contribution in [0, 0.1) is 0 Å². The Balaban J connectivity index is 0.000000763.